The van der Waals surface area contributed by atoms with Crippen molar-refractivity contribution in [1.82, 2.24) is 9.55 Å². The van der Waals surface area contributed by atoms with E-state index in [-0.39, 0.29) is 6.61 Å². The van der Waals surface area contributed by atoms with E-state index in [2.05, 4.69) is 24.0 Å². The van der Waals surface area contributed by atoms with Crippen molar-refractivity contribution in [3.05, 3.63) is 35.3 Å². The summed E-state index contributed by atoms with van der Waals surface area (Å²) in [7, 11) is 3.62. The largest absolute Gasteiger partial charge is 0.496 e. The van der Waals surface area contributed by atoms with Crippen molar-refractivity contribution in [3.63, 3.8) is 0 Å². The first-order valence-corrected chi connectivity index (χ1v) is 6.35. The molecule has 1 aromatic carbocycles. The second kappa shape index (κ2) is 5.45. The number of benzene rings is 1. The number of aliphatic hydroxyl groups is 1. The SMILES string of the molecule is COc1c(C)cc(C)cc1-c1cn(C)c(CCO)n1. The van der Waals surface area contributed by atoms with E-state index < -0.39 is 0 Å². The van der Waals surface area contributed by atoms with E-state index in [9.17, 15) is 0 Å². The molecule has 102 valence electrons. The summed E-state index contributed by atoms with van der Waals surface area (Å²) in [6.07, 6.45) is 2.53. The van der Waals surface area contributed by atoms with Gasteiger partial charge in [0.1, 0.15) is 11.6 Å². The van der Waals surface area contributed by atoms with Crippen LogP contribution in [-0.2, 0) is 13.5 Å². The van der Waals surface area contributed by atoms with E-state index in [1.54, 1.807) is 7.11 Å². The Labute approximate surface area is 113 Å². The fraction of sp³-hybridized carbons (Fsp3) is 0.400. The van der Waals surface area contributed by atoms with Crippen LogP contribution in [0.25, 0.3) is 11.3 Å². The molecule has 4 heteroatoms. The van der Waals surface area contributed by atoms with Crippen LogP contribution in [0.15, 0.2) is 18.3 Å². The Morgan fingerprint density at radius 1 is 1.32 bits per heavy atom. The fourth-order valence-corrected chi connectivity index (χ4v) is 2.38. The van der Waals surface area contributed by atoms with Crippen LogP contribution in [0.3, 0.4) is 0 Å². The molecule has 1 aromatic heterocycles. The normalized spacial score (nSPS) is 10.8. The number of ether oxygens (including phenoxy) is 1. The van der Waals surface area contributed by atoms with Gasteiger partial charge in [-0.05, 0) is 31.0 Å². The highest BCUT2D eigenvalue weighted by Crippen LogP contribution is 2.33. The molecule has 0 unspecified atom stereocenters. The lowest BCUT2D eigenvalue weighted by molar-refractivity contribution is 0.295. The summed E-state index contributed by atoms with van der Waals surface area (Å²) in [6, 6.07) is 4.18. The Morgan fingerprint density at radius 2 is 2.05 bits per heavy atom. The summed E-state index contributed by atoms with van der Waals surface area (Å²) in [5, 5.41) is 9.03. The van der Waals surface area contributed by atoms with Gasteiger partial charge in [-0.25, -0.2) is 4.98 Å². The molecule has 1 N–H and O–H groups in total. The van der Waals surface area contributed by atoms with Crippen molar-refractivity contribution in [1.29, 1.82) is 0 Å². The van der Waals surface area contributed by atoms with Crippen molar-refractivity contribution in [2.24, 2.45) is 7.05 Å². The molecular weight excluding hydrogens is 240 g/mol. The average molecular weight is 260 g/mol. The van der Waals surface area contributed by atoms with E-state index in [0.717, 1.165) is 28.4 Å². The summed E-state index contributed by atoms with van der Waals surface area (Å²) < 4.78 is 7.44. The van der Waals surface area contributed by atoms with E-state index in [0.29, 0.717) is 6.42 Å². The van der Waals surface area contributed by atoms with Crippen LogP contribution >= 0.6 is 0 Å². The van der Waals surface area contributed by atoms with Gasteiger partial charge in [0.15, 0.2) is 0 Å². The van der Waals surface area contributed by atoms with Gasteiger partial charge in [0, 0.05) is 25.2 Å². The van der Waals surface area contributed by atoms with E-state index in [1.807, 2.05) is 24.7 Å². The molecule has 0 saturated carbocycles. The monoisotopic (exact) mass is 260 g/mol. The van der Waals surface area contributed by atoms with E-state index in [1.165, 1.54) is 5.56 Å². The van der Waals surface area contributed by atoms with Crippen LogP contribution in [0, 0.1) is 13.8 Å². The van der Waals surface area contributed by atoms with Gasteiger partial charge in [-0.1, -0.05) is 6.07 Å². The molecule has 0 radical (unpaired) electrons. The number of aromatic nitrogens is 2. The third-order valence-electron chi connectivity index (χ3n) is 3.21. The smallest absolute Gasteiger partial charge is 0.131 e. The second-order valence-corrected chi connectivity index (χ2v) is 4.79. The molecule has 1 heterocycles. The second-order valence-electron chi connectivity index (χ2n) is 4.79. The van der Waals surface area contributed by atoms with Crippen molar-refractivity contribution in [2.75, 3.05) is 13.7 Å². The van der Waals surface area contributed by atoms with Crippen LogP contribution < -0.4 is 4.74 Å². The minimum Gasteiger partial charge on any atom is -0.496 e. The number of methoxy groups -OCH3 is 1. The van der Waals surface area contributed by atoms with Crippen LogP contribution in [0.5, 0.6) is 5.75 Å². The Bertz CT molecular complexity index is 588. The lowest BCUT2D eigenvalue weighted by Crippen LogP contribution is -1.99. The third-order valence-corrected chi connectivity index (χ3v) is 3.21. The number of hydrogen-bond donors (Lipinski definition) is 1. The highest BCUT2D eigenvalue weighted by Gasteiger charge is 2.14. The van der Waals surface area contributed by atoms with Gasteiger partial charge in [0.05, 0.1) is 19.4 Å². The topological polar surface area (TPSA) is 47.3 Å². The molecule has 0 saturated heterocycles. The number of nitrogens with zero attached hydrogens (tertiary/aromatic N) is 2. The lowest BCUT2D eigenvalue weighted by atomic mass is 10.0. The first-order valence-electron chi connectivity index (χ1n) is 6.35. The molecule has 0 atom stereocenters. The molecule has 0 aliphatic rings. The number of rotatable bonds is 4. The molecule has 0 aliphatic carbocycles. The summed E-state index contributed by atoms with van der Waals surface area (Å²) in [5.41, 5.74) is 4.17. The number of aliphatic hydroxyl groups excluding tert-OH is 1. The van der Waals surface area contributed by atoms with Crippen LogP contribution in [0.4, 0.5) is 0 Å². The predicted octanol–water partition coefficient (Wildman–Crippen LogP) is 2.25. The maximum atomic E-state index is 9.03. The summed E-state index contributed by atoms with van der Waals surface area (Å²) in [5.74, 6) is 1.73. The van der Waals surface area contributed by atoms with Gasteiger partial charge in [0.25, 0.3) is 0 Å². The Kier molecular flexibility index (Phi) is 3.90. The summed E-state index contributed by atoms with van der Waals surface area (Å²) in [6.45, 7) is 4.20. The van der Waals surface area contributed by atoms with Gasteiger partial charge in [-0.3, -0.25) is 0 Å². The molecule has 0 amide bonds. The molecule has 2 aromatic rings. The first kappa shape index (κ1) is 13.6. The average Bonchev–Trinajstić information content (AvgIpc) is 2.70. The highest BCUT2D eigenvalue weighted by molar-refractivity contribution is 5.70. The lowest BCUT2D eigenvalue weighted by Gasteiger charge is -2.11. The minimum atomic E-state index is 0.105. The number of aryl methyl sites for hydroxylation is 3. The molecule has 4 nitrogen and oxygen atoms in total. The molecule has 19 heavy (non-hydrogen) atoms. The minimum absolute atomic E-state index is 0.105. The van der Waals surface area contributed by atoms with Crippen LogP contribution in [-0.4, -0.2) is 28.4 Å². The van der Waals surface area contributed by atoms with Gasteiger partial charge < -0.3 is 14.4 Å². The molecular formula is C15H20N2O2. The standard InChI is InChI=1S/C15H20N2O2/c1-10-7-11(2)15(19-4)12(8-10)13-9-17(3)14(16-13)5-6-18/h7-9,18H,5-6H2,1-4H3. The van der Waals surface area contributed by atoms with Crippen molar-refractivity contribution in [2.45, 2.75) is 20.3 Å². The highest BCUT2D eigenvalue weighted by atomic mass is 16.5. The Morgan fingerprint density at radius 3 is 2.68 bits per heavy atom. The zero-order chi connectivity index (χ0) is 14.0. The quantitative estimate of drug-likeness (QED) is 0.917. The zero-order valence-corrected chi connectivity index (χ0v) is 11.9. The Balaban J connectivity index is 2.55. The molecule has 0 aliphatic heterocycles. The van der Waals surface area contributed by atoms with E-state index >= 15 is 0 Å². The van der Waals surface area contributed by atoms with Gasteiger partial charge in [-0.2, -0.15) is 0 Å². The van der Waals surface area contributed by atoms with Crippen LogP contribution in [0.1, 0.15) is 17.0 Å². The van der Waals surface area contributed by atoms with Gasteiger partial charge >= 0.3 is 0 Å². The molecule has 0 bridgehead atoms. The molecule has 0 spiro atoms. The summed E-state index contributed by atoms with van der Waals surface area (Å²) >= 11 is 0. The molecule has 2 rings (SSSR count). The fourth-order valence-electron chi connectivity index (χ4n) is 2.38. The Hall–Kier alpha value is -1.81. The van der Waals surface area contributed by atoms with Gasteiger partial charge in [-0.15, -0.1) is 0 Å². The maximum Gasteiger partial charge on any atom is 0.131 e. The number of imidazole rings is 1. The summed E-state index contributed by atoms with van der Waals surface area (Å²) in [4.78, 5) is 4.58. The number of hydrogen-bond acceptors (Lipinski definition) is 3. The van der Waals surface area contributed by atoms with E-state index in [4.69, 9.17) is 9.84 Å². The van der Waals surface area contributed by atoms with Crippen LogP contribution in [0.2, 0.25) is 0 Å². The first-order chi connectivity index (χ1) is 9.06. The van der Waals surface area contributed by atoms with Crippen molar-refractivity contribution in [3.8, 4) is 17.0 Å². The zero-order valence-electron chi connectivity index (χ0n) is 11.9. The maximum absolute atomic E-state index is 9.03. The molecule has 0 fully saturated rings. The predicted molar refractivity (Wildman–Crippen MR) is 75.5 cm³/mol. The van der Waals surface area contributed by atoms with Crippen molar-refractivity contribution < 1.29 is 9.84 Å². The van der Waals surface area contributed by atoms with Crippen molar-refractivity contribution >= 4 is 0 Å². The van der Waals surface area contributed by atoms with Gasteiger partial charge in [0.2, 0.25) is 0 Å². The third kappa shape index (κ3) is 2.63.